The largest absolute Gasteiger partial charge is 0.375 e. The Bertz CT molecular complexity index is 1080. The lowest BCUT2D eigenvalue weighted by Crippen LogP contribution is -2.42. The number of thiazole rings is 1. The van der Waals surface area contributed by atoms with Gasteiger partial charge in [-0.3, -0.25) is 4.79 Å². The van der Waals surface area contributed by atoms with Crippen molar-refractivity contribution in [2.45, 2.75) is 26.5 Å². The molecular weight excluding hydrogens is 411 g/mol. The number of rotatable bonds is 6. The van der Waals surface area contributed by atoms with Crippen molar-refractivity contribution in [2.75, 3.05) is 13.2 Å². The quantitative estimate of drug-likeness (QED) is 0.535. The average molecular weight is 437 g/mol. The van der Waals surface area contributed by atoms with Crippen LogP contribution in [0.2, 0.25) is 0 Å². The molecule has 160 valence electrons. The van der Waals surface area contributed by atoms with E-state index in [0.717, 1.165) is 27.6 Å². The zero-order chi connectivity index (χ0) is 21.5. The van der Waals surface area contributed by atoms with Crippen LogP contribution >= 0.6 is 11.3 Å². The second kappa shape index (κ2) is 8.17. The molecule has 4 nitrogen and oxygen atoms in total. The van der Waals surface area contributed by atoms with Gasteiger partial charge in [-0.25, -0.2) is 9.37 Å². The predicted molar refractivity (Wildman–Crippen MR) is 119 cm³/mol. The molecule has 31 heavy (non-hydrogen) atoms. The molecule has 2 aromatic carbocycles. The Morgan fingerprint density at radius 1 is 1.19 bits per heavy atom. The molecule has 1 aliphatic carbocycles. The van der Waals surface area contributed by atoms with Crippen LogP contribution < -0.4 is 0 Å². The van der Waals surface area contributed by atoms with Crippen LogP contribution in [0.25, 0.3) is 10.4 Å². The van der Waals surface area contributed by atoms with Gasteiger partial charge in [0.25, 0.3) is 5.91 Å². The number of carbonyl (C=O) groups excluding carboxylic acids is 1. The van der Waals surface area contributed by atoms with Crippen molar-refractivity contribution in [2.24, 2.45) is 17.8 Å². The van der Waals surface area contributed by atoms with Gasteiger partial charge < -0.3 is 9.64 Å². The summed E-state index contributed by atoms with van der Waals surface area (Å²) in [6.45, 7) is 5.86. The van der Waals surface area contributed by atoms with E-state index in [2.05, 4.69) is 11.9 Å². The van der Waals surface area contributed by atoms with Gasteiger partial charge in [-0.15, -0.1) is 11.3 Å². The van der Waals surface area contributed by atoms with Crippen LogP contribution in [-0.4, -0.2) is 35.0 Å². The van der Waals surface area contributed by atoms with Gasteiger partial charge in [0.1, 0.15) is 11.5 Å². The van der Waals surface area contributed by atoms with Gasteiger partial charge in [0.05, 0.1) is 29.1 Å². The first-order valence-electron chi connectivity index (χ1n) is 10.7. The minimum atomic E-state index is -0.251. The Kier molecular flexibility index (Phi) is 5.36. The number of benzene rings is 2. The maximum absolute atomic E-state index is 13.6. The van der Waals surface area contributed by atoms with E-state index < -0.39 is 0 Å². The number of carbonyl (C=O) groups is 1. The Hall–Kier alpha value is -2.57. The van der Waals surface area contributed by atoms with E-state index in [1.54, 1.807) is 23.5 Å². The number of fused-ring (bicyclic) bond motifs is 1. The highest BCUT2D eigenvalue weighted by atomic mass is 32.1. The van der Waals surface area contributed by atoms with E-state index in [1.807, 2.05) is 42.2 Å². The Balaban J connectivity index is 1.33. The molecule has 2 heterocycles. The van der Waals surface area contributed by atoms with Crippen molar-refractivity contribution in [1.82, 2.24) is 9.88 Å². The number of piperidine rings is 1. The molecule has 3 unspecified atom stereocenters. The highest BCUT2D eigenvalue weighted by Crippen LogP contribution is 2.55. The molecule has 1 saturated heterocycles. The first kappa shape index (κ1) is 20.3. The van der Waals surface area contributed by atoms with Crippen LogP contribution in [0.4, 0.5) is 4.39 Å². The second-order valence-electron chi connectivity index (χ2n) is 8.54. The number of hydrogen-bond donors (Lipinski definition) is 0. The van der Waals surface area contributed by atoms with Gasteiger partial charge in [-0.2, -0.15) is 0 Å². The number of ether oxygens (including phenoxy) is 1. The maximum atomic E-state index is 13.6. The highest BCUT2D eigenvalue weighted by Gasteiger charge is 2.60. The normalized spacial score (nSPS) is 24.3. The van der Waals surface area contributed by atoms with E-state index in [0.29, 0.717) is 36.7 Å². The number of amides is 1. The number of nitrogens with zero attached hydrogens (tertiary/aromatic N) is 2. The van der Waals surface area contributed by atoms with Gasteiger partial charge in [-0.1, -0.05) is 49.4 Å². The standard InChI is InChI=1S/C25H25FN2O2S/c1-15-20-12-28(21(22(15)20)14-30-13-17-8-10-19(26)11-9-17)25(29)23-24(31-16(2)27-23)18-6-4-3-5-7-18/h3-11,15,20-22H,12-14H2,1-2H3/t15-,20?,21?,22?/m1/s1. The molecule has 2 fully saturated rings. The van der Waals surface area contributed by atoms with E-state index in [-0.39, 0.29) is 17.8 Å². The third kappa shape index (κ3) is 3.90. The molecule has 0 bridgehead atoms. The molecule has 0 radical (unpaired) electrons. The molecule has 1 amide bonds. The van der Waals surface area contributed by atoms with Gasteiger partial charge in [0.15, 0.2) is 0 Å². The molecule has 3 aromatic rings. The fourth-order valence-electron chi connectivity index (χ4n) is 4.88. The predicted octanol–water partition coefficient (Wildman–Crippen LogP) is 5.18. The van der Waals surface area contributed by atoms with Gasteiger partial charge >= 0.3 is 0 Å². The summed E-state index contributed by atoms with van der Waals surface area (Å²) in [6, 6.07) is 16.4. The number of halogens is 1. The molecule has 5 rings (SSSR count). The van der Waals surface area contributed by atoms with Crippen molar-refractivity contribution in [3.8, 4) is 10.4 Å². The van der Waals surface area contributed by atoms with Crippen molar-refractivity contribution in [3.05, 3.63) is 76.7 Å². The number of likely N-dealkylation sites (tertiary alicyclic amines) is 1. The van der Waals surface area contributed by atoms with E-state index >= 15 is 0 Å². The minimum absolute atomic E-state index is 0.00187. The van der Waals surface area contributed by atoms with Crippen LogP contribution in [0.1, 0.15) is 28.0 Å². The summed E-state index contributed by atoms with van der Waals surface area (Å²) in [5, 5.41) is 0.893. The summed E-state index contributed by atoms with van der Waals surface area (Å²) >= 11 is 1.56. The molecule has 4 atom stereocenters. The fourth-order valence-corrected chi connectivity index (χ4v) is 5.80. The van der Waals surface area contributed by atoms with Crippen LogP contribution in [0.5, 0.6) is 0 Å². The van der Waals surface area contributed by atoms with E-state index in [9.17, 15) is 9.18 Å². The first-order chi connectivity index (χ1) is 15.0. The summed E-state index contributed by atoms with van der Waals surface area (Å²) in [7, 11) is 0. The van der Waals surface area contributed by atoms with Crippen molar-refractivity contribution in [1.29, 1.82) is 0 Å². The lowest BCUT2D eigenvalue weighted by atomic mass is 10.1. The lowest BCUT2D eigenvalue weighted by molar-refractivity contribution is 0.0402. The SMILES string of the molecule is Cc1nc(C(=O)N2CC3C(C2COCc2ccc(F)cc2)[C@@H]3C)c(-c2ccccc2)s1. The summed E-state index contributed by atoms with van der Waals surface area (Å²) in [4.78, 5) is 21.1. The van der Waals surface area contributed by atoms with Crippen molar-refractivity contribution >= 4 is 17.2 Å². The minimum Gasteiger partial charge on any atom is -0.375 e. The third-order valence-electron chi connectivity index (χ3n) is 6.59. The summed E-state index contributed by atoms with van der Waals surface area (Å²) in [6.07, 6.45) is 0. The number of aryl methyl sites for hydroxylation is 1. The van der Waals surface area contributed by atoms with Crippen LogP contribution in [-0.2, 0) is 11.3 Å². The Labute approximate surface area is 185 Å². The molecule has 0 spiro atoms. The Morgan fingerprint density at radius 3 is 2.68 bits per heavy atom. The maximum Gasteiger partial charge on any atom is 0.274 e. The van der Waals surface area contributed by atoms with Gasteiger partial charge in [0, 0.05) is 6.54 Å². The zero-order valence-electron chi connectivity index (χ0n) is 17.6. The van der Waals surface area contributed by atoms with Gasteiger partial charge in [0.2, 0.25) is 0 Å². The molecule has 6 heteroatoms. The Morgan fingerprint density at radius 2 is 1.94 bits per heavy atom. The molecular formula is C25H25FN2O2S. The summed E-state index contributed by atoms with van der Waals surface area (Å²) < 4.78 is 19.1. The summed E-state index contributed by atoms with van der Waals surface area (Å²) in [5.74, 6) is 1.39. The highest BCUT2D eigenvalue weighted by molar-refractivity contribution is 7.15. The fraction of sp³-hybridized carbons (Fsp3) is 0.360. The third-order valence-corrected chi connectivity index (χ3v) is 7.61. The topological polar surface area (TPSA) is 42.4 Å². The molecule has 1 saturated carbocycles. The smallest absolute Gasteiger partial charge is 0.274 e. The van der Waals surface area contributed by atoms with Gasteiger partial charge in [-0.05, 0) is 47.9 Å². The van der Waals surface area contributed by atoms with Crippen LogP contribution in [0.15, 0.2) is 54.6 Å². The monoisotopic (exact) mass is 436 g/mol. The second-order valence-corrected chi connectivity index (χ2v) is 9.75. The lowest BCUT2D eigenvalue weighted by Gasteiger charge is -2.28. The van der Waals surface area contributed by atoms with Crippen molar-refractivity contribution in [3.63, 3.8) is 0 Å². The molecule has 0 N–H and O–H groups in total. The molecule has 1 aromatic heterocycles. The number of hydrogen-bond acceptors (Lipinski definition) is 4. The average Bonchev–Trinajstić information content (AvgIpc) is 3.10. The van der Waals surface area contributed by atoms with Crippen molar-refractivity contribution < 1.29 is 13.9 Å². The summed E-state index contributed by atoms with van der Waals surface area (Å²) in [5.41, 5.74) is 2.50. The van der Waals surface area contributed by atoms with Crippen LogP contribution in [0.3, 0.4) is 0 Å². The molecule has 2 aliphatic rings. The zero-order valence-corrected chi connectivity index (χ0v) is 18.4. The number of aromatic nitrogens is 1. The first-order valence-corrected chi connectivity index (χ1v) is 11.5. The van der Waals surface area contributed by atoms with E-state index in [1.165, 1.54) is 12.1 Å². The van der Waals surface area contributed by atoms with E-state index in [4.69, 9.17) is 4.74 Å². The molecule has 1 aliphatic heterocycles. The van der Waals surface area contributed by atoms with Crippen LogP contribution in [0, 0.1) is 30.5 Å².